The van der Waals surface area contributed by atoms with E-state index in [-0.39, 0.29) is 12.0 Å². The molecule has 1 aromatic heterocycles. The van der Waals surface area contributed by atoms with Gasteiger partial charge in [0.2, 0.25) is 5.88 Å². The van der Waals surface area contributed by atoms with Crippen molar-refractivity contribution in [3.05, 3.63) is 23.9 Å². The highest BCUT2D eigenvalue weighted by Gasteiger charge is 2.17. The number of hydrogen-bond acceptors (Lipinski definition) is 4. The molecule has 2 heterocycles. The van der Waals surface area contributed by atoms with E-state index >= 15 is 0 Å². The number of unbranched alkanes of at least 4 members (excludes halogenated alkanes) is 1. The van der Waals surface area contributed by atoms with Crippen LogP contribution >= 0.6 is 11.8 Å². The number of pyridine rings is 1. The molecule has 1 amide bonds. The molecule has 1 atom stereocenters. The number of carbonyl (C=O) groups excluding carboxylic acids is 1. The molecule has 1 aliphatic heterocycles. The quantitative estimate of drug-likeness (QED) is 0.813. The van der Waals surface area contributed by atoms with Gasteiger partial charge in [-0.1, -0.05) is 13.3 Å². The Kier molecular flexibility index (Phi) is 5.51. The topological polar surface area (TPSA) is 51.2 Å². The lowest BCUT2D eigenvalue weighted by molar-refractivity contribution is 0.0952. The largest absolute Gasteiger partial charge is 0.473 e. The smallest absolute Gasteiger partial charge is 0.252 e. The monoisotopic (exact) mass is 280 g/mol. The number of ether oxygens (including phenoxy) is 1. The van der Waals surface area contributed by atoms with Crippen LogP contribution in [0.3, 0.4) is 0 Å². The zero-order valence-electron chi connectivity index (χ0n) is 11.2. The van der Waals surface area contributed by atoms with Gasteiger partial charge in [0, 0.05) is 24.6 Å². The predicted octanol–water partition coefficient (Wildman–Crippen LogP) is 2.50. The fourth-order valence-corrected chi connectivity index (χ4v) is 2.94. The number of nitrogens with one attached hydrogen (secondary N) is 1. The van der Waals surface area contributed by atoms with Crippen LogP contribution in [0.5, 0.6) is 5.88 Å². The summed E-state index contributed by atoms with van der Waals surface area (Å²) < 4.78 is 5.74. The van der Waals surface area contributed by atoms with Crippen molar-refractivity contribution in [2.24, 2.45) is 0 Å². The Labute approximate surface area is 118 Å². The Morgan fingerprint density at radius 2 is 2.47 bits per heavy atom. The molecular weight excluding hydrogens is 260 g/mol. The summed E-state index contributed by atoms with van der Waals surface area (Å²) in [5.41, 5.74) is 0.587. The molecule has 0 radical (unpaired) electrons. The standard InChI is InChI=1S/C14H20N2O2S/c1-2-3-7-15-14(17)11-4-5-13(16-9-11)18-12-6-8-19-10-12/h4-5,9,12H,2-3,6-8,10H2,1H3,(H,15,17). The van der Waals surface area contributed by atoms with Crippen molar-refractivity contribution in [3.63, 3.8) is 0 Å². The van der Waals surface area contributed by atoms with Crippen molar-refractivity contribution in [2.75, 3.05) is 18.1 Å². The summed E-state index contributed by atoms with van der Waals surface area (Å²) in [6.07, 6.45) is 5.00. The normalized spacial score (nSPS) is 18.3. The number of hydrogen-bond donors (Lipinski definition) is 1. The van der Waals surface area contributed by atoms with E-state index in [4.69, 9.17) is 4.74 Å². The van der Waals surface area contributed by atoms with Gasteiger partial charge in [-0.25, -0.2) is 4.98 Å². The van der Waals surface area contributed by atoms with Crippen molar-refractivity contribution in [1.29, 1.82) is 0 Å². The Morgan fingerprint density at radius 3 is 3.11 bits per heavy atom. The van der Waals surface area contributed by atoms with Crippen molar-refractivity contribution in [2.45, 2.75) is 32.3 Å². The van der Waals surface area contributed by atoms with Crippen molar-refractivity contribution < 1.29 is 9.53 Å². The molecule has 0 bridgehead atoms. The summed E-state index contributed by atoms with van der Waals surface area (Å²) in [5.74, 6) is 2.73. The van der Waals surface area contributed by atoms with Crippen molar-refractivity contribution in [3.8, 4) is 5.88 Å². The second-order valence-electron chi connectivity index (χ2n) is 4.60. The summed E-state index contributed by atoms with van der Waals surface area (Å²) in [6, 6.07) is 3.55. The molecule has 1 unspecified atom stereocenters. The van der Waals surface area contributed by atoms with Gasteiger partial charge in [-0.3, -0.25) is 4.79 Å². The summed E-state index contributed by atoms with van der Waals surface area (Å²) in [6.45, 7) is 2.81. The number of aromatic nitrogens is 1. The highest BCUT2D eigenvalue weighted by molar-refractivity contribution is 7.99. The minimum atomic E-state index is -0.0658. The molecule has 1 fully saturated rings. The summed E-state index contributed by atoms with van der Waals surface area (Å²) >= 11 is 1.90. The van der Waals surface area contributed by atoms with Gasteiger partial charge in [0.1, 0.15) is 6.10 Å². The van der Waals surface area contributed by atoms with E-state index in [0.717, 1.165) is 30.8 Å². The lowest BCUT2D eigenvalue weighted by Crippen LogP contribution is -2.24. The maximum atomic E-state index is 11.8. The number of thioether (sulfide) groups is 1. The van der Waals surface area contributed by atoms with Crippen LogP contribution < -0.4 is 10.1 Å². The highest BCUT2D eigenvalue weighted by atomic mass is 32.2. The average Bonchev–Trinajstić information content (AvgIpc) is 2.93. The van der Waals surface area contributed by atoms with Crippen LogP contribution in [-0.2, 0) is 0 Å². The maximum Gasteiger partial charge on any atom is 0.252 e. The Balaban J connectivity index is 1.84. The second kappa shape index (κ2) is 7.38. The van der Waals surface area contributed by atoms with Crippen LogP contribution in [0.25, 0.3) is 0 Å². The zero-order chi connectivity index (χ0) is 13.5. The summed E-state index contributed by atoms with van der Waals surface area (Å²) in [5, 5.41) is 2.87. The molecule has 104 valence electrons. The highest BCUT2D eigenvalue weighted by Crippen LogP contribution is 2.21. The van der Waals surface area contributed by atoms with Crippen LogP contribution in [-0.4, -0.2) is 35.0 Å². The molecule has 0 spiro atoms. The molecule has 0 aromatic carbocycles. The first-order valence-electron chi connectivity index (χ1n) is 6.78. The molecule has 2 rings (SSSR count). The van der Waals surface area contributed by atoms with Gasteiger partial charge in [-0.2, -0.15) is 11.8 Å². The molecule has 19 heavy (non-hydrogen) atoms. The van der Waals surface area contributed by atoms with Gasteiger partial charge in [-0.05, 0) is 24.7 Å². The van der Waals surface area contributed by atoms with Crippen LogP contribution in [0, 0.1) is 0 Å². The molecule has 0 saturated carbocycles. The zero-order valence-corrected chi connectivity index (χ0v) is 12.0. The van der Waals surface area contributed by atoms with Crippen LogP contribution in [0.1, 0.15) is 36.5 Å². The van der Waals surface area contributed by atoms with Gasteiger partial charge < -0.3 is 10.1 Å². The van der Waals surface area contributed by atoms with E-state index in [0.29, 0.717) is 18.0 Å². The molecule has 1 saturated heterocycles. The molecule has 5 heteroatoms. The lowest BCUT2D eigenvalue weighted by atomic mass is 10.2. The number of amides is 1. The molecule has 1 N–H and O–H groups in total. The van der Waals surface area contributed by atoms with E-state index in [1.807, 2.05) is 11.8 Å². The van der Waals surface area contributed by atoms with Crippen LogP contribution in [0.2, 0.25) is 0 Å². The third-order valence-corrected chi connectivity index (χ3v) is 4.12. The van der Waals surface area contributed by atoms with E-state index < -0.39 is 0 Å². The molecule has 4 nitrogen and oxygen atoms in total. The van der Waals surface area contributed by atoms with E-state index in [2.05, 4.69) is 17.2 Å². The number of carbonyl (C=O) groups is 1. The van der Waals surface area contributed by atoms with Gasteiger partial charge in [0.15, 0.2) is 0 Å². The van der Waals surface area contributed by atoms with Crippen molar-refractivity contribution in [1.82, 2.24) is 10.3 Å². The summed E-state index contributed by atoms with van der Waals surface area (Å²) in [7, 11) is 0. The molecule has 1 aromatic rings. The van der Waals surface area contributed by atoms with Crippen LogP contribution in [0.15, 0.2) is 18.3 Å². The minimum Gasteiger partial charge on any atom is -0.473 e. The lowest BCUT2D eigenvalue weighted by Gasteiger charge is -2.11. The fourth-order valence-electron chi connectivity index (χ4n) is 1.84. The molecular formula is C14H20N2O2S. The first-order chi connectivity index (χ1) is 9.29. The van der Waals surface area contributed by atoms with Crippen molar-refractivity contribution >= 4 is 17.7 Å². The third-order valence-electron chi connectivity index (χ3n) is 2.99. The first-order valence-corrected chi connectivity index (χ1v) is 7.93. The second-order valence-corrected chi connectivity index (χ2v) is 5.75. The predicted molar refractivity (Wildman–Crippen MR) is 77.8 cm³/mol. The summed E-state index contributed by atoms with van der Waals surface area (Å²) in [4.78, 5) is 16.0. The minimum absolute atomic E-state index is 0.0658. The molecule has 1 aliphatic rings. The van der Waals surface area contributed by atoms with Gasteiger partial charge in [-0.15, -0.1) is 0 Å². The maximum absolute atomic E-state index is 11.8. The number of nitrogens with zero attached hydrogens (tertiary/aromatic N) is 1. The first kappa shape index (κ1) is 14.2. The SMILES string of the molecule is CCCCNC(=O)c1ccc(OC2CCSC2)nc1. The van der Waals surface area contributed by atoms with Gasteiger partial charge >= 0.3 is 0 Å². The number of rotatable bonds is 6. The van der Waals surface area contributed by atoms with E-state index in [9.17, 15) is 4.79 Å². The third kappa shape index (κ3) is 4.42. The Morgan fingerprint density at radius 1 is 1.58 bits per heavy atom. The van der Waals surface area contributed by atoms with Gasteiger partial charge in [0.25, 0.3) is 5.91 Å². The van der Waals surface area contributed by atoms with E-state index in [1.165, 1.54) is 0 Å². The Hall–Kier alpha value is -1.23. The molecule has 0 aliphatic carbocycles. The van der Waals surface area contributed by atoms with Gasteiger partial charge in [0.05, 0.1) is 5.56 Å². The fraction of sp³-hybridized carbons (Fsp3) is 0.571. The van der Waals surface area contributed by atoms with E-state index in [1.54, 1.807) is 18.3 Å². The Bertz CT molecular complexity index is 402. The average molecular weight is 280 g/mol. The van der Waals surface area contributed by atoms with Crippen LogP contribution in [0.4, 0.5) is 0 Å².